The Kier molecular flexibility index (Phi) is 35.0. The number of hydrogen-bond acceptors (Lipinski definition) is 24. The molecule has 4 aliphatic heterocycles. The van der Waals surface area contributed by atoms with E-state index < -0.39 is 130 Å². The van der Waals surface area contributed by atoms with Crippen molar-refractivity contribution in [3.05, 3.63) is 106 Å². The van der Waals surface area contributed by atoms with E-state index in [0.29, 0.717) is 59.5 Å². The number of fused-ring (bicyclic) bond motifs is 3. The molecule has 6 heterocycles. The number of nitrogen functional groups attached to an aromatic ring is 1. The van der Waals surface area contributed by atoms with Gasteiger partial charge in [0.15, 0.2) is 27.1 Å². The number of carbonyl (C=O) groups is 11. The smallest absolute Gasteiger partial charge is 0.326 e. The number of rotatable bonds is 42. The standard InChI is InChI=1S/C76H100N13O21P3S2/c1-6-16-45-35-58-49(33-43(45)3)68(50-34-44(4)52(78-7-2)36-59(50)107-58)47-18-8-9-19-48(47)74(101)86(5)28-15-23-61(91)79-26-11-10-20-51(75(102)88-30-14-22-56(88)73(100)84-53(37-65(94)95)71(98)85-54(76(103)104)38-66(96)97)83-72(99)55-21-13-29-87(55)63(93)25-32-115-114-31-24-62(92)80-27-12-17-46-40-89(70-67(46)69(77)81-42-82-70)64-39-57(90)60(108-64)41-106-112-110-113-109-111-105/h8-9,18-19,33-36,40,42,50-51,53-57,60,64,68,90,105,111-113H,6-7,10-11,13-16,20-32,37-39,41H2,1-5H3,(H,79,91)(H,80,92)(H,83,99)(H,84,100)(H,85,98)(H,94,95)(H,96,97)(H,103,104)(H2,77,81,82)/b78-52+/t50?,51?,53?,54?,55?,56?,57?,60-,64-,68?/m1/s1. The number of carboxylic acid groups (broad SMARTS) is 3. The summed E-state index contributed by atoms with van der Waals surface area (Å²) in [5.41, 5.74) is 13.7. The Morgan fingerprint density at radius 2 is 1.53 bits per heavy atom. The Labute approximate surface area is 678 Å². The first-order valence-corrected chi connectivity index (χ1v) is 43.1. The van der Waals surface area contributed by atoms with E-state index >= 15 is 0 Å². The van der Waals surface area contributed by atoms with Gasteiger partial charge in [0.2, 0.25) is 41.4 Å². The van der Waals surface area contributed by atoms with Crippen molar-refractivity contribution in [2.45, 2.75) is 185 Å². The summed E-state index contributed by atoms with van der Waals surface area (Å²) in [5, 5.41) is 52.6. The molecule has 115 heavy (non-hydrogen) atoms. The number of aromatic nitrogens is 3. The van der Waals surface area contributed by atoms with Crippen LogP contribution < -0.4 is 37.1 Å². The maximum absolute atomic E-state index is 14.8. The third-order valence-corrected chi connectivity index (χ3v) is 24.2. The first-order chi connectivity index (χ1) is 55.3. The molecule has 0 spiro atoms. The number of aliphatic hydroxyl groups is 1. The van der Waals surface area contributed by atoms with Crippen molar-refractivity contribution in [2.24, 2.45) is 10.9 Å². The second-order valence-electron chi connectivity index (χ2n) is 28.2. The number of aliphatic carboxylic acids is 3. The molecular formula is C76H100N13O21P3S2. The third kappa shape index (κ3) is 24.9. The zero-order chi connectivity index (χ0) is 82.8. The van der Waals surface area contributed by atoms with Gasteiger partial charge in [0, 0.05) is 112 Å². The first-order valence-electron chi connectivity index (χ1n) is 38.1. The van der Waals surface area contributed by atoms with Crippen LogP contribution in [0.15, 0.2) is 77.4 Å². The lowest BCUT2D eigenvalue weighted by Crippen LogP contribution is -2.58. The van der Waals surface area contributed by atoms with Gasteiger partial charge in [-0.05, 0) is 113 Å². The van der Waals surface area contributed by atoms with Crippen LogP contribution in [-0.4, -0.2) is 232 Å². The molecule has 12 N–H and O–H groups in total. The number of carboxylic acids is 3. The van der Waals surface area contributed by atoms with Gasteiger partial charge in [-0.1, -0.05) is 77.1 Å². The van der Waals surface area contributed by atoms with Crippen LogP contribution in [0.4, 0.5) is 5.82 Å². The predicted octanol–water partition coefficient (Wildman–Crippen LogP) is 5.87. The van der Waals surface area contributed by atoms with Crippen LogP contribution in [0.25, 0.3) is 11.0 Å². The van der Waals surface area contributed by atoms with Crippen molar-refractivity contribution in [3.63, 3.8) is 0 Å². The molecule has 9 rings (SSSR count). The minimum Gasteiger partial charge on any atom is -0.481 e. The summed E-state index contributed by atoms with van der Waals surface area (Å²) in [6.07, 6.45) is 7.15. The Bertz CT molecular complexity index is 4370. The number of aliphatic imine (C=N–C) groups is 1. The highest BCUT2D eigenvalue weighted by Crippen LogP contribution is 2.50. The van der Waals surface area contributed by atoms with Gasteiger partial charge in [-0.25, -0.2) is 14.8 Å². The fourth-order valence-electron chi connectivity index (χ4n) is 14.5. The fraction of sp³-hybridized carbons (Fsp3) is 0.526. The SMILES string of the molecule is CCCc1cc2c(cc1C)C(c1ccccc1C(=O)N(C)CCCC(=O)NCCCCC(NC(=O)C1CCCN1C(=O)CCSSCCC(=O)NCC#Cc1cn([C@H]3CC(O)[C@@H](COPOPOPO)O3)c3ncnc(N)c13)C(=O)N1CCCC1C(=O)NC(CC(=O)O)C(=O)NC(CC(=O)O)C(=O)O)C1C=C(C)/C(=N/CC)C=C1O2. The summed E-state index contributed by atoms with van der Waals surface area (Å²) in [6.45, 7) is 9.57. The molecule has 4 aromatic rings. The summed E-state index contributed by atoms with van der Waals surface area (Å²) in [7, 11) is 2.96. The summed E-state index contributed by atoms with van der Waals surface area (Å²) in [4.78, 5) is 173. The van der Waals surface area contributed by atoms with Gasteiger partial charge in [-0.15, -0.1) is 0 Å². The van der Waals surface area contributed by atoms with Crippen molar-refractivity contribution in [1.82, 2.24) is 55.8 Å². The lowest BCUT2D eigenvalue weighted by Gasteiger charge is -2.38. The normalized spacial score (nSPS) is 20.3. The highest BCUT2D eigenvalue weighted by atomic mass is 33.1. The summed E-state index contributed by atoms with van der Waals surface area (Å²) in [6, 6.07) is 4.49. The number of ether oxygens (including phenoxy) is 2. The molecule has 0 bridgehead atoms. The number of anilines is 1. The number of unbranched alkanes of at least 4 members (excludes halogenated alkanes) is 1. The maximum atomic E-state index is 14.8. The van der Waals surface area contributed by atoms with Gasteiger partial charge in [0.1, 0.15) is 71.8 Å². The van der Waals surface area contributed by atoms with Crippen molar-refractivity contribution in [1.29, 1.82) is 0 Å². The molecule has 8 amide bonds. The first kappa shape index (κ1) is 90.2. The Balaban J connectivity index is 0.771. The molecule has 13 atom stereocenters. The number of nitrogens with zero attached hydrogens (tertiary/aromatic N) is 7. The molecule has 2 aromatic carbocycles. The molecular weight excluding hydrogens is 1590 g/mol. The van der Waals surface area contributed by atoms with Crippen molar-refractivity contribution in [3.8, 4) is 17.6 Å². The van der Waals surface area contributed by atoms with E-state index in [4.69, 9.17) is 38.2 Å². The number of allylic oxidation sites excluding steroid dienone is 3. The molecule has 1 aliphatic carbocycles. The highest BCUT2D eigenvalue weighted by Gasteiger charge is 2.44. The number of aliphatic hydroxyl groups excluding tert-OH is 1. The van der Waals surface area contributed by atoms with Gasteiger partial charge in [0.25, 0.3) is 5.91 Å². The highest BCUT2D eigenvalue weighted by molar-refractivity contribution is 8.76. The molecule has 5 aliphatic rings. The number of likely N-dealkylation sites (tertiary alicyclic amines) is 2. The van der Waals surface area contributed by atoms with E-state index in [-0.39, 0.29) is 138 Å². The number of hydrogen-bond donors (Lipinski definition) is 11. The lowest BCUT2D eigenvalue weighted by molar-refractivity contribution is -0.148. The van der Waals surface area contributed by atoms with Gasteiger partial charge >= 0.3 is 17.9 Å². The zero-order valence-electron chi connectivity index (χ0n) is 64.5. The maximum Gasteiger partial charge on any atom is 0.326 e. The number of amides is 8. The molecule has 34 nitrogen and oxygen atoms in total. The summed E-state index contributed by atoms with van der Waals surface area (Å²) in [5.74, 6) is -1.63. The number of nitrogens with one attached hydrogen (secondary N) is 5. The van der Waals surface area contributed by atoms with Crippen LogP contribution >= 0.6 is 48.7 Å². The number of benzene rings is 2. The van der Waals surface area contributed by atoms with E-state index in [2.05, 4.69) is 75.1 Å². The molecule has 39 heteroatoms. The molecule has 0 radical (unpaired) electrons. The average Bonchev–Trinajstić information content (AvgIpc) is 1.68. The summed E-state index contributed by atoms with van der Waals surface area (Å²) < 4.78 is 29.9. The monoisotopic (exact) mass is 1690 g/mol. The lowest BCUT2D eigenvalue weighted by atomic mass is 9.72. The molecule has 622 valence electrons. The van der Waals surface area contributed by atoms with Crippen molar-refractivity contribution >= 4 is 136 Å². The second kappa shape index (κ2) is 44.6. The zero-order valence-corrected chi connectivity index (χ0v) is 69.2. The van der Waals surface area contributed by atoms with Crippen molar-refractivity contribution in [2.75, 3.05) is 70.2 Å². The Morgan fingerprint density at radius 1 is 0.826 bits per heavy atom. The average molecular weight is 1690 g/mol. The van der Waals surface area contributed by atoms with Gasteiger partial charge in [-0.3, -0.25) is 61.6 Å². The van der Waals surface area contributed by atoms with E-state index in [1.807, 2.05) is 49.5 Å². The van der Waals surface area contributed by atoms with E-state index in [1.54, 1.807) is 22.7 Å². The third-order valence-electron chi connectivity index (χ3n) is 20.1. The van der Waals surface area contributed by atoms with Crippen LogP contribution in [-0.2, 0) is 72.2 Å². The Morgan fingerprint density at radius 3 is 2.25 bits per heavy atom. The Hall–Kier alpha value is -8.71. The van der Waals surface area contributed by atoms with Crippen molar-refractivity contribution < 1.29 is 101 Å². The van der Waals surface area contributed by atoms with Crippen LogP contribution in [0.5, 0.6) is 5.75 Å². The van der Waals surface area contributed by atoms with Crippen LogP contribution in [0.2, 0.25) is 0 Å². The van der Waals surface area contributed by atoms with E-state index in [0.717, 1.165) is 52.3 Å². The minimum absolute atomic E-state index is 0.00327. The van der Waals surface area contributed by atoms with E-state index in [9.17, 15) is 73.2 Å². The second-order valence-corrected chi connectivity index (χ2v) is 33.3. The number of aryl methyl sites for hydroxylation is 2. The fourth-order valence-corrected chi connectivity index (χ4v) is 17.8. The van der Waals surface area contributed by atoms with Crippen LogP contribution in [0.1, 0.15) is 167 Å². The van der Waals surface area contributed by atoms with Crippen LogP contribution in [0, 0.1) is 24.7 Å². The largest absolute Gasteiger partial charge is 0.481 e. The van der Waals surface area contributed by atoms with Gasteiger partial charge in [-0.2, -0.15) is 0 Å². The summed E-state index contributed by atoms with van der Waals surface area (Å²) >= 11 is 0. The topological polar surface area (TPSA) is 474 Å². The number of nitrogens with two attached hydrogens (primary N) is 1. The molecule has 2 aromatic heterocycles. The van der Waals surface area contributed by atoms with Gasteiger partial charge in [0.05, 0.1) is 48.8 Å². The predicted molar refractivity (Wildman–Crippen MR) is 434 cm³/mol. The molecule has 3 saturated heterocycles. The quantitative estimate of drug-likeness (QED) is 0.0107. The van der Waals surface area contributed by atoms with E-state index in [1.165, 1.54) is 43.3 Å². The number of carbonyl (C=O) groups excluding carboxylic acids is 8. The van der Waals surface area contributed by atoms with Crippen LogP contribution in [0.3, 0.4) is 0 Å². The molecule has 0 saturated carbocycles. The molecule has 11 unspecified atom stereocenters. The molecule has 3 fully saturated rings. The van der Waals surface area contributed by atoms with Gasteiger partial charge < -0.3 is 90.9 Å². The minimum atomic E-state index is -1.97.